The van der Waals surface area contributed by atoms with Crippen LogP contribution in [0.3, 0.4) is 0 Å². The van der Waals surface area contributed by atoms with Gasteiger partial charge in [-0.2, -0.15) is 0 Å². The van der Waals surface area contributed by atoms with Gasteiger partial charge in [-0.3, -0.25) is 14.5 Å². The molecule has 158 valence electrons. The van der Waals surface area contributed by atoms with Crippen molar-refractivity contribution in [3.05, 3.63) is 64.9 Å². The van der Waals surface area contributed by atoms with Gasteiger partial charge in [-0.05, 0) is 66.8 Å². The van der Waals surface area contributed by atoms with Crippen molar-refractivity contribution in [2.24, 2.45) is 10.4 Å². The molecule has 1 aliphatic carbocycles. The van der Waals surface area contributed by atoms with Crippen LogP contribution in [0.15, 0.2) is 63.7 Å². The van der Waals surface area contributed by atoms with Gasteiger partial charge in [0.2, 0.25) is 0 Å². The summed E-state index contributed by atoms with van der Waals surface area (Å²) in [5.41, 5.74) is 2.87. The molecule has 0 aliphatic heterocycles. The van der Waals surface area contributed by atoms with E-state index in [4.69, 9.17) is 0 Å². The number of aryl methyl sites for hydroxylation is 2. The SMILES string of the molecule is Cc1cc(C)cc(NS(=O)(=O)c2ccc(N=CC3=C(O)CC(C)(C)CC3=O)cc2)c1. The number of nitrogens with one attached hydrogen (secondary N) is 1. The van der Waals surface area contributed by atoms with Gasteiger partial charge in [0, 0.05) is 24.7 Å². The van der Waals surface area contributed by atoms with E-state index in [0.29, 0.717) is 24.2 Å². The number of ketones is 1. The Morgan fingerprint density at radius 3 is 2.20 bits per heavy atom. The third kappa shape index (κ3) is 5.16. The first-order valence-electron chi connectivity index (χ1n) is 9.66. The first-order valence-corrected chi connectivity index (χ1v) is 11.1. The molecular formula is C23H26N2O4S. The van der Waals surface area contributed by atoms with Gasteiger partial charge in [0.15, 0.2) is 5.78 Å². The number of nitrogens with zero attached hydrogens (tertiary/aromatic N) is 1. The van der Waals surface area contributed by atoms with Crippen LogP contribution in [-0.2, 0) is 14.8 Å². The molecule has 0 saturated heterocycles. The van der Waals surface area contributed by atoms with Crippen molar-refractivity contribution in [1.82, 2.24) is 0 Å². The number of carbonyl (C=O) groups excluding carboxylic acids is 1. The lowest BCUT2D eigenvalue weighted by Gasteiger charge is -2.28. The number of aliphatic hydroxyl groups excluding tert-OH is 1. The summed E-state index contributed by atoms with van der Waals surface area (Å²) in [5, 5.41) is 10.2. The minimum Gasteiger partial charge on any atom is -0.511 e. The molecule has 1 aliphatic rings. The van der Waals surface area contributed by atoms with Crippen LogP contribution in [0.2, 0.25) is 0 Å². The second kappa shape index (κ2) is 8.07. The molecule has 0 radical (unpaired) electrons. The van der Waals surface area contributed by atoms with Crippen molar-refractivity contribution in [2.75, 3.05) is 4.72 Å². The number of anilines is 1. The molecular weight excluding hydrogens is 400 g/mol. The molecule has 2 aromatic carbocycles. The Morgan fingerprint density at radius 2 is 1.63 bits per heavy atom. The normalized spacial score (nSPS) is 16.9. The van der Waals surface area contributed by atoms with E-state index in [9.17, 15) is 18.3 Å². The minimum absolute atomic E-state index is 0.0387. The maximum Gasteiger partial charge on any atom is 0.261 e. The molecule has 30 heavy (non-hydrogen) atoms. The Morgan fingerprint density at radius 1 is 1.03 bits per heavy atom. The van der Waals surface area contributed by atoms with E-state index in [1.54, 1.807) is 24.3 Å². The first-order chi connectivity index (χ1) is 13.9. The number of aliphatic hydroxyl groups is 1. The molecule has 7 heteroatoms. The van der Waals surface area contributed by atoms with Gasteiger partial charge >= 0.3 is 0 Å². The first kappa shape index (κ1) is 21.8. The fourth-order valence-corrected chi connectivity index (χ4v) is 4.59. The van der Waals surface area contributed by atoms with Crippen LogP contribution in [0.5, 0.6) is 0 Å². The zero-order chi connectivity index (χ0) is 22.1. The summed E-state index contributed by atoms with van der Waals surface area (Å²) in [4.78, 5) is 16.6. The molecule has 0 saturated carbocycles. The van der Waals surface area contributed by atoms with Crippen molar-refractivity contribution in [1.29, 1.82) is 0 Å². The number of aliphatic imine (C=N–C) groups is 1. The Bertz CT molecular complexity index is 1120. The highest BCUT2D eigenvalue weighted by Crippen LogP contribution is 2.35. The molecule has 0 amide bonds. The lowest BCUT2D eigenvalue weighted by Crippen LogP contribution is -2.26. The number of rotatable bonds is 5. The number of carbonyl (C=O) groups is 1. The van der Waals surface area contributed by atoms with Gasteiger partial charge in [-0.1, -0.05) is 19.9 Å². The molecule has 0 unspecified atom stereocenters. The topological polar surface area (TPSA) is 95.8 Å². The number of hydrogen-bond acceptors (Lipinski definition) is 5. The number of hydrogen-bond donors (Lipinski definition) is 2. The van der Waals surface area contributed by atoms with E-state index < -0.39 is 10.0 Å². The summed E-state index contributed by atoms with van der Waals surface area (Å²) < 4.78 is 27.9. The van der Waals surface area contributed by atoms with E-state index in [0.717, 1.165) is 11.1 Å². The average Bonchev–Trinajstić information content (AvgIpc) is 2.59. The Kier molecular flexibility index (Phi) is 5.85. The standard InChI is InChI=1S/C23H26N2O4S/c1-15-9-16(2)11-18(10-15)25-30(28,29)19-7-5-17(6-8-19)24-14-20-21(26)12-23(3,4)13-22(20)27/h5-11,14,25-26H,12-13H2,1-4H3. The second-order valence-corrected chi connectivity index (χ2v) is 10.2. The van der Waals surface area contributed by atoms with E-state index in [1.165, 1.54) is 18.3 Å². The van der Waals surface area contributed by atoms with Gasteiger partial charge in [0.1, 0.15) is 5.76 Å². The zero-order valence-electron chi connectivity index (χ0n) is 17.6. The van der Waals surface area contributed by atoms with Crippen molar-refractivity contribution in [3.63, 3.8) is 0 Å². The quantitative estimate of drug-likeness (QED) is 0.657. The van der Waals surface area contributed by atoms with Crippen LogP contribution in [0.1, 0.15) is 37.8 Å². The minimum atomic E-state index is -3.73. The molecule has 6 nitrogen and oxygen atoms in total. The number of benzene rings is 2. The zero-order valence-corrected chi connectivity index (χ0v) is 18.4. The summed E-state index contributed by atoms with van der Waals surface area (Å²) in [6, 6.07) is 11.5. The van der Waals surface area contributed by atoms with E-state index in [2.05, 4.69) is 9.71 Å². The molecule has 0 spiro atoms. The highest BCUT2D eigenvalue weighted by molar-refractivity contribution is 7.92. The monoisotopic (exact) mass is 426 g/mol. The molecule has 0 fully saturated rings. The second-order valence-electron chi connectivity index (χ2n) is 8.54. The third-order valence-corrected chi connectivity index (χ3v) is 6.26. The van der Waals surface area contributed by atoms with Crippen molar-refractivity contribution >= 4 is 33.4 Å². The molecule has 0 bridgehead atoms. The van der Waals surface area contributed by atoms with Gasteiger partial charge in [-0.25, -0.2) is 8.42 Å². The maximum absolute atomic E-state index is 12.7. The highest BCUT2D eigenvalue weighted by Gasteiger charge is 2.32. The summed E-state index contributed by atoms with van der Waals surface area (Å²) in [6.45, 7) is 7.67. The lowest BCUT2D eigenvalue weighted by atomic mass is 9.77. The number of sulfonamides is 1. The summed E-state index contributed by atoms with van der Waals surface area (Å²) in [6.07, 6.45) is 2.12. The number of Topliss-reactive ketones (excluding diaryl/α,β-unsaturated/α-hetero) is 1. The van der Waals surface area contributed by atoms with E-state index >= 15 is 0 Å². The van der Waals surface area contributed by atoms with Crippen LogP contribution in [0.4, 0.5) is 11.4 Å². The van der Waals surface area contributed by atoms with E-state index in [1.807, 2.05) is 33.8 Å². The predicted octanol–water partition coefficient (Wildman–Crippen LogP) is 5.01. The van der Waals surface area contributed by atoms with Crippen molar-refractivity contribution < 1.29 is 18.3 Å². The molecule has 3 rings (SSSR count). The number of allylic oxidation sites excluding steroid dienone is 2. The molecule has 0 aromatic heterocycles. The fraction of sp³-hybridized carbons (Fsp3) is 0.304. The fourth-order valence-electron chi connectivity index (χ4n) is 3.55. The molecule has 2 N–H and O–H groups in total. The molecule has 0 heterocycles. The lowest BCUT2D eigenvalue weighted by molar-refractivity contribution is -0.117. The Balaban J connectivity index is 1.77. The van der Waals surface area contributed by atoms with Crippen LogP contribution >= 0.6 is 0 Å². The summed E-state index contributed by atoms with van der Waals surface area (Å²) in [5.74, 6) is -0.110. The molecule has 0 atom stereocenters. The van der Waals surface area contributed by atoms with Gasteiger partial charge < -0.3 is 5.11 Å². The average molecular weight is 427 g/mol. The molecule has 2 aromatic rings. The van der Waals surface area contributed by atoms with Crippen LogP contribution in [-0.4, -0.2) is 25.5 Å². The highest BCUT2D eigenvalue weighted by atomic mass is 32.2. The van der Waals surface area contributed by atoms with Gasteiger partial charge in [-0.15, -0.1) is 0 Å². The smallest absolute Gasteiger partial charge is 0.261 e. The van der Waals surface area contributed by atoms with Gasteiger partial charge in [0.05, 0.1) is 16.2 Å². The Labute approximate surface area is 177 Å². The van der Waals surface area contributed by atoms with Gasteiger partial charge in [0.25, 0.3) is 10.0 Å². The van der Waals surface area contributed by atoms with Crippen molar-refractivity contribution in [3.8, 4) is 0 Å². The Hall–Kier alpha value is -2.93. The van der Waals surface area contributed by atoms with Crippen LogP contribution in [0, 0.1) is 19.3 Å². The predicted molar refractivity (Wildman–Crippen MR) is 119 cm³/mol. The van der Waals surface area contributed by atoms with Crippen molar-refractivity contribution in [2.45, 2.75) is 45.4 Å². The maximum atomic E-state index is 12.7. The third-order valence-electron chi connectivity index (χ3n) is 4.86. The van der Waals surface area contributed by atoms with Crippen LogP contribution < -0.4 is 4.72 Å². The summed E-state index contributed by atoms with van der Waals surface area (Å²) in [7, 11) is -3.73. The summed E-state index contributed by atoms with van der Waals surface area (Å²) >= 11 is 0. The van der Waals surface area contributed by atoms with Crippen LogP contribution in [0.25, 0.3) is 0 Å². The van der Waals surface area contributed by atoms with E-state index in [-0.39, 0.29) is 27.4 Å². The largest absolute Gasteiger partial charge is 0.511 e.